The van der Waals surface area contributed by atoms with Gasteiger partial charge in [-0.1, -0.05) is 51.3 Å². The van der Waals surface area contributed by atoms with Crippen LogP contribution in [-0.2, 0) is 10.3 Å². The van der Waals surface area contributed by atoms with Gasteiger partial charge >= 0.3 is 0 Å². The average molecular weight is 339 g/mol. The van der Waals surface area contributed by atoms with E-state index in [0.717, 1.165) is 36.3 Å². The van der Waals surface area contributed by atoms with Crippen LogP contribution in [-0.4, -0.2) is 12.5 Å². The van der Waals surface area contributed by atoms with E-state index >= 15 is 0 Å². The van der Waals surface area contributed by atoms with Crippen LogP contribution in [0.2, 0.25) is 5.02 Å². The normalized spacial score (nSPS) is 13.9. The van der Waals surface area contributed by atoms with Crippen molar-refractivity contribution in [3.8, 4) is 0 Å². The summed E-state index contributed by atoms with van der Waals surface area (Å²) in [6.07, 6.45) is 4.28. The highest BCUT2D eigenvalue weighted by molar-refractivity contribution is 6.30. The zero-order chi connectivity index (χ0) is 17.5. The summed E-state index contributed by atoms with van der Waals surface area (Å²) >= 11 is 6.22. The fraction of sp³-hybridized carbons (Fsp3) is 0.632. The van der Waals surface area contributed by atoms with Gasteiger partial charge in [-0.15, -0.1) is 0 Å². The maximum atomic E-state index is 11.4. The van der Waals surface area contributed by atoms with Gasteiger partial charge in [0.2, 0.25) is 5.91 Å². The Morgan fingerprint density at radius 1 is 1.30 bits per heavy atom. The van der Waals surface area contributed by atoms with Crippen LogP contribution in [0.5, 0.6) is 0 Å². The van der Waals surface area contributed by atoms with Gasteiger partial charge in [0.1, 0.15) is 0 Å². The van der Waals surface area contributed by atoms with Crippen molar-refractivity contribution >= 4 is 17.5 Å². The van der Waals surface area contributed by atoms with Gasteiger partial charge in [-0.3, -0.25) is 4.79 Å². The van der Waals surface area contributed by atoms with E-state index in [1.807, 2.05) is 25.1 Å². The molecule has 1 rings (SSSR count). The van der Waals surface area contributed by atoms with Crippen LogP contribution in [0, 0.1) is 12.8 Å². The molecule has 1 aromatic rings. The number of benzene rings is 1. The predicted molar refractivity (Wildman–Crippen MR) is 98.7 cm³/mol. The Kier molecular flexibility index (Phi) is 8.07. The number of aryl methyl sites for hydroxylation is 1. The van der Waals surface area contributed by atoms with Gasteiger partial charge in [0.25, 0.3) is 0 Å². The number of hydrogen-bond donors (Lipinski definition) is 2. The van der Waals surface area contributed by atoms with Gasteiger partial charge in [0, 0.05) is 23.5 Å². The number of halogens is 1. The highest BCUT2D eigenvalue weighted by Crippen LogP contribution is 2.38. The second-order valence-corrected chi connectivity index (χ2v) is 6.76. The lowest BCUT2D eigenvalue weighted by molar-refractivity contribution is -0.120. The lowest BCUT2D eigenvalue weighted by atomic mass is 9.72. The van der Waals surface area contributed by atoms with E-state index in [2.05, 4.69) is 26.1 Å². The zero-order valence-electron chi connectivity index (χ0n) is 14.9. The molecule has 0 spiro atoms. The van der Waals surface area contributed by atoms with Gasteiger partial charge < -0.3 is 11.1 Å². The number of nitrogens with two attached hydrogens (primary N) is 1. The molecule has 1 aromatic carbocycles. The molecule has 1 amide bonds. The van der Waals surface area contributed by atoms with E-state index in [0.29, 0.717) is 18.9 Å². The smallest absolute Gasteiger partial charge is 0.219 e. The number of rotatable bonds is 9. The molecule has 130 valence electrons. The first-order valence-electron chi connectivity index (χ1n) is 8.71. The Hall–Kier alpha value is -1.06. The lowest BCUT2D eigenvalue weighted by Crippen LogP contribution is -2.45. The molecular formula is C19H31ClN2O. The summed E-state index contributed by atoms with van der Waals surface area (Å²) in [6.45, 7) is 9.00. The van der Waals surface area contributed by atoms with Crippen LogP contribution < -0.4 is 11.1 Å². The van der Waals surface area contributed by atoms with Gasteiger partial charge in [0.15, 0.2) is 0 Å². The molecule has 0 saturated carbocycles. The summed E-state index contributed by atoms with van der Waals surface area (Å²) in [7, 11) is 0. The van der Waals surface area contributed by atoms with Crippen LogP contribution in [0.3, 0.4) is 0 Å². The summed E-state index contributed by atoms with van der Waals surface area (Å²) in [5, 5.41) is 3.66. The van der Waals surface area contributed by atoms with Crippen molar-refractivity contribution in [1.29, 1.82) is 0 Å². The van der Waals surface area contributed by atoms with E-state index in [1.54, 1.807) is 0 Å². The zero-order valence-corrected chi connectivity index (χ0v) is 15.7. The number of carbonyl (C=O) groups is 1. The molecule has 4 heteroatoms. The molecule has 0 saturated heterocycles. The highest BCUT2D eigenvalue weighted by atomic mass is 35.5. The van der Waals surface area contributed by atoms with E-state index in [4.69, 9.17) is 17.3 Å². The SMILES string of the molecule is CCC(=O)NCCCC(N)(c1cc(Cl)ccc1C)C(CC)CC. The monoisotopic (exact) mass is 338 g/mol. The minimum Gasteiger partial charge on any atom is -0.356 e. The van der Waals surface area contributed by atoms with Gasteiger partial charge in [-0.05, 0) is 48.9 Å². The highest BCUT2D eigenvalue weighted by Gasteiger charge is 2.35. The first kappa shape index (κ1) is 20.0. The third-order valence-electron chi connectivity index (χ3n) is 4.83. The molecule has 23 heavy (non-hydrogen) atoms. The molecule has 1 unspecified atom stereocenters. The largest absolute Gasteiger partial charge is 0.356 e. The Morgan fingerprint density at radius 2 is 1.96 bits per heavy atom. The first-order valence-corrected chi connectivity index (χ1v) is 9.08. The Morgan fingerprint density at radius 3 is 2.52 bits per heavy atom. The van der Waals surface area contributed by atoms with Crippen molar-refractivity contribution in [2.75, 3.05) is 6.54 Å². The molecular weight excluding hydrogens is 308 g/mol. The quantitative estimate of drug-likeness (QED) is 0.649. The summed E-state index contributed by atoms with van der Waals surface area (Å²) in [4.78, 5) is 11.4. The number of hydrogen-bond acceptors (Lipinski definition) is 2. The average Bonchev–Trinajstić information content (AvgIpc) is 2.54. The van der Waals surface area contributed by atoms with E-state index in [-0.39, 0.29) is 5.91 Å². The number of amides is 1. The summed E-state index contributed by atoms with van der Waals surface area (Å²) in [5.74, 6) is 0.482. The van der Waals surface area contributed by atoms with Crippen LogP contribution in [0.4, 0.5) is 0 Å². The van der Waals surface area contributed by atoms with Gasteiger partial charge in [0.05, 0.1) is 0 Å². The first-order chi connectivity index (χ1) is 10.9. The summed E-state index contributed by atoms with van der Waals surface area (Å²) in [6, 6.07) is 5.97. The molecule has 0 aliphatic carbocycles. The third kappa shape index (κ3) is 5.22. The molecule has 0 aliphatic heterocycles. The second kappa shape index (κ2) is 9.29. The van der Waals surface area contributed by atoms with E-state index < -0.39 is 5.54 Å². The molecule has 0 aromatic heterocycles. The van der Waals surface area contributed by atoms with Crippen molar-refractivity contribution in [1.82, 2.24) is 5.32 Å². The Labute approximate surface area is 146 Å². The van der Waals surface area contributed by atoms with Crippen molar-refractivity contribution < 1.29 is 4.79 Å². The van der Waals surface area contributed by atoms with E-state index in [1.165, 1.54) is 5.56 Å². The molecule has 0 fully saturated rings. The fourth-order valence-electron chi connectivity index (χ4n) is 3.41. The molecule has 3 nitrogen and oxygen atoms in total. The maximum absolute atomic E-state index is 11.4. The van der Waals surface area contributed by atoms with Crippen LogP contribution >= 0.6 is 11.6 Å². The molecule has 0 heterocycles. The minimum absolute atomic E-state index is 0.0918. The predicted octanol–water partition coefficient (Wildman–Crippen LogP) is 4.55. The standard InChI is InChI=1S/C19H31ClN2O/c1-5-15(6-2)19(21,11-8-12-22-18(23)7-3)17-13-16(20)10-9-14(17)4/h9-10,13,15H,5-8,11-12,21H2,1-4H3,(H,22,23). The number of carbonyl (C=O) groups excluding carboxylic acids is 1. The molecule has 3 N–H and O–H groups in total. The van der Waals surface area contributed by atoms with Crippen molar-refractivity contribution in [2.45, 2.75) is 65.3 Å². The second-order valence-electron chi connectivity index (χ2n) is 6.32. The summed E-state index contributed by atoms with van der Waals surface area (Å²) in [5.41, 5.74) is 8.85. The van der Waals surface area contributed by atoms with Gasteiger partial charge in [-0.2, -0.15) is 0 Å². The third-order valence-corrected chi connectivity index (χ3v) is 5.06. The maximum Gasteiger partial charge on any atom is 0.219 e. The minimum atomic E-state index is -0.407. The number of nitrogens with one attached hydrogen (secondary N) is 1. The van der Waals surface area contributed by atoms with Crippen molar-refractivity contribution in [2.24, 2.45) is 11.7 Å². The van der Waals surface area contributed by atoms with E-state index in [9.17, 15) is 4.79 Å². The topological polar surface area (TPSA) is 55.1 Å². The fourth-order valence-corrected chi connectivity index (χ4v) is 3.58. The molecule has 0 aliphatic rings. The van der Waals surface area contributed by atoms with Crippen LogP contribution in [0.25, 0.3) is 0 Å². The Bertz CT molecular complexity index is 514. The van der Waals surface area contributed by atoms with Crippen LogP contribution in [0.1, 0.15) is 64.0 Å². The van der Waals surface area contributed by atoms with Gasteiger partial charge in [-0.25, -0.2) is 0 Å². The van der Waals surface area contributed by atoms with Crippen LogP contribution in [0.15, 0.2) is 18.2 Å². The molecule has 1 atom stereocenters. The van der Waals surface area contributed by atoms with Crippen molar-refractivity contribution in [3.63, 3.8) is 0 Å². The molecule has 0 radical (unpaired) electrons. The van der Waals surface area contributed by atoms with Crippen molar-refractivity contribution in [3.05, 3.63) is 34.3 Å². The summed E-state index contributed by atoms with van der Waals surface area (Å²) < 4.78 is 0. The lowest BCUT2D eigenvalue weighted by Gasteiger charge is -2.39. The Balaban J connectivity index is 2.98. The molecule has 0 bridgehead atoms.